The maximum atomic E-state index is 13.0. The van der Waals surface area contributed by atoms with Crippen LogP contribution in [0.25, 0.3) is 11.1 Å². The normalized spacial score (nSPS) is 9.48. The van der Waals surface area contributed by atoms with Crippen LogP contribution in [-0.4, -0.2) is 12.3 Å². The van der Waals surface area contributed by atoms with Gasteiger partial charge in [0.15, 0.2) is 0 Å². The Balaban J connectivity index is 0.000000989. The molecule has 0 saturated heterocycles. The van der Waals surface area contributed by atoms with E-state index in [0.29, 0.717) is 5.69 Å². The van der Waals surface area contributed by atoms with E-state index in [0.717, 1.165) is 33.1 Å². The summed E-state index contributed by atoms with van der Waals surface area (Å²) in [6.45, 7) is 8.00. The molecular formula is C24H30FNO2S. The van der Waals surface area contributed by atoms with Crippen molar-refractivity contribution < 1.29 is 14.3 Å². The second kappa shape index (κ2) is 13.6. The molecule has 0 amide bonds. The molecular weight excluding hydrogens is 385 g/mol. The van der Waals surface area contributed by atoms with Gasteiger partial charge in [-0.15, -0.1) is 11.8 Å². The van der Waals surface area contributed by atoms with Crippen LogP contribution in [-0.2, 0) is 5.75 Å². The van der Waals surface area contributed by atoms with Gasteiger partial charge in [-0.05, 0) is 59.7 Å². The standard InChI is InChI=1S/C20H18FNO2S.2C2H6/c1-24-20-10-5-14(13-25-18-8-6-16(21)7-9-18)11-19(20)15-3-2-4-17(12-15)22-23;2*1-2/h2-12,22-23H,13H2,1H3;2*1-2H3. The topological polar surface area (TPSA) is 41.5 Å². The van der Waals surface area contributed by atoms with Crippen LogP contribution in [0.15, 0.2) is 71.6 Å². The van der Waals surface area contributed by atoms with Crippen molar-refractivity contribution in [3.05, 3.63) is 78.1 Å². The van der Waals surface area contributed by atoms with E-state index in [4.69, 9.17) is 9.94 Å². The molecule has 0 aliphatic heterocycles. The number of nitrogens with one attached hydrogen (secondary N) is 1. The van der Waals surface area contributed by atoms with Crippen molar-refractivity contribution in [1.82, 2.24) is 0 Å². The zero-order valence-electron chi connectivity index (χ0n) is 17.7. The number of thioether (sulfide) groups is 1. The zero-order valence-corrected chi connectivity index (χ0v) is 18.5. The summed E-state index contributed by atoms with van der Waals surface area (Å²) in [6.07, 6.45) is 0. The fourth-order valence-corrected chi connectivity index (χ4v) is 3.37. The van der Waals surface area contributed by atoms with Crippen molar-refractivity contribution in [2.45, 2.75) is 38.3 Å². The number of benzene rings is 3. The van der Waals surface area contributed by atoms with Crippen molar-refractivity contribution in [3.8, 4) is 16.9 Å². The minimum atomic E-state index is -0.228. The van der Waals surface area contributed by atoms with Crippen LogP contribution in [0.3, 0.4) is 0 Å². The Bertz CT molecular complexity index is 854. The number of methoxy groups -OCH3 is 1. The van der Waals surface area contributed by atoms with Crippen molar-refractivity contribution in [2.75, 3.05) is 12.6 Å². The van der Waals surface area contributed by atoms with Gasteiger partial charge in [-0.1, -0.05) is 45.9 Å². The van der Waals surface area contributed by atoms with Crippen LogP contribution in [0, 0.1) is 5.82 Å². The Morgan fingerprint density at radius 1 is 0.931 bits per heavy atom. The predicted molar refractivity (Wildman–Crippen MR) is 122 cm³/mol. The molecule has 0 unspecified atom stereocenters. The lowest BCUT2D eigenvalue weighted by Gasteiger charge is -2.12. The molecule has 0 aliphatic rings. The number of halogens is 1. The molecule has 0 spiro atoms. The molecule has 3 aromatic carbocycles. The van der Waals surface area contributed by atoms with Crippen LogP contribution in [0.5, 0.6) is 5.75 Å². The lowest BCUT2D eigenvalue weighted by Crippen LogP contribution is -1.93. The molecule has 0 aromatic heterocycles. The third-order valence-electron chi connectivity index (χ3n) is 3.79. The van der Waals surface area contributed by atoms with Crippen molar-refractivity contribution in [1.29, 1.82) is 0 Å². The average Bonchev–Trinajstić information content (AvgIpc) is 2.81. The molecule has 3 aromatic rings. The maximum Gasteiger partial charge on any atom is 0.126 e. The molecule has 0 heterocycles. The van der Waals surface area contributed by atoms with Gasteiger partial charge in [-0.2, -0.15) is 0 Å². The van der Waals surface area contributed by atoms with E-state index >= 15 is 0 Å². The van der Waals surface area contributed by atoms with E-state index in [1.807, 2.05) is 58.0 Å². The second-order valence-corrected chi connectivity index (χ2v) is 6.52. The summed E-state index contributed by atoms with van der Waals surface area (Å²) in [4.78, 5) is 1.02. The molecule has 3 nitrogen and oxygen atoms in total. The molecule has 0 aliphatic carbocycles. The first-order valence-corrected chi connectivity index (χ1v) is 10.7. The van der Waals surface area contributed by atoms with E-state index in [2.05, 4.69) is 11.5 Å². The monoisotopic (exact) mass is 415 g/mol. The fourth-order valence-electron chi connectivity index (χ4n) is 2.52. The molecule has 0 bridgehead atoms. The van der Waals surface area contributed by atoms with E-state index < -0.39 is 0 Å². The molecule has 0 fully saturated rings. The number of hydrogen-bond acceptors (Lipinski definition) is 4. The molecule has 0 atom stereocenters. The van der Waals surface area contributed by atoms with E-state index in [1.54, 1.807) is 37.1 Å². The molecule has 0 radical (unpaired) electrons. The SMILES string of the molecule is CC.CC.COc1ccc(CSc2ccc(F)cc2)cc1-c1cccc(NO)c1. The quantitative estimate of drug-likeness (QED) is 0.320. The molecule has 156 valence electrons. The van der Waals surface area contributed by atoms with Gasteiger partial charge in [0.1, 0.15) is 11.6 Å². The Morgan fingerprint density at radius 2 is 1.62 bits per heavy atom. The van der Waals surface area contributed by atoms with Crippen molar-refractivity contribution in [2.24, 2.45) is 0 Å². The van der Waals surface area contributed by atoms with Gasteiger partial charge >= 0.3 is 0 Å². The summed E-state index contributed by atoms with van der Waals surface area (Å²) in [6, 6.07) is 20.0. The number of hydrogen-bond donors (Lipinski definition) is 2. The Labute approximate surface area is 177 Å². The van der Waals surface area contributed by atoms with Crippen molar-refractivity contribution >= 4 is 17.4 Å². The molecule has 0 saturated carbocycles. The van der Waals surface area contributed by atoms with Crippen LogP contribution in [0.1, 0.15) is 33.3 Å². The van der Waals surface area contributed by atoms with E-state index in [9.17, 15) is 4.39 Å². The average molecular weight is 416 g/mol. The summed E-state index contributed by atoms with van der Waals surface area (Å²) in [7, 11) is 1.64. The van der Waals surface area contributed by atoms with Gasteiger partial charge in [0.05, 0.1) is 12.8 Å². The first-order chi connectivity index (χ1) is 14.2. The third-order valence-corrected chi connectivity index (χ3v) is 4.87. The lowest BCUT2D eigenvalue weighted by molar-refractivity contribution is 0.389. The minimum absolute atomic E-state index is 0.228. The number of ether oxygens (including phenoxy) is 1. The highest BCUT2D eigenvalue weighted by atomic mass is 32.2. The van der Waals surface area contributed by atoms with Crippen LogP contribution < -0.4 is 10.2 Å². The lowest BCUT2D eigenvalue weighted by atomic mass is 10.0. The summed E-state index contributed by atoms with van der Waals surface area (Å²) < 4.78 is 18.5. The summed E-state index contributed by atoms with van der Waals surface area (Å²) in [5.41, 5.74) is 5.82. The summed E-state index contributed by atoms with van der Waals surface area (Å²) >= 11 is 1.65. The number of anilines is 1. The highest BCUT2D eigenvalue weighted by Gasteiger charge is 2.08. The van der Waals surface area contributed by atoms with Crippen LogP contribution in [0.4, 0.5) is 10.1 Å². The highest BCUT2D eigenvalue weighted by molar-refractivity contribution is 7.98. The predicted octanol–water partition coefficient (Wildman–Crippen LogP) is 7.65. The smallest absolute Gasteiger partial charge is 0.126 e. The molecule has 29 heavy (non-hydrogen) atoms. The maximum absolute atomic E-state index is 13.0. The Morgan fingerprint density at radius 3 is 2.24 bits per heavy atom. The van der Waals surface area contributed by atoms with Crippen molar-refractivity contribution in [3.63, 3.8) is 0 Å². The third kappa shape index (κ3) is 7.44. The molecule has 2 N–H and O–H groups in total. The first kappa shape index (κ1) is 24.5. The minimum Gasteiger partial charge on any atom is -0.496 e. The van der Waals surface area contributed by atoms with E-state index in [-0.39, 0.29) is 5.82 Å². The Kier molecular flexibility index (Phi) is 11.5. The fraction of sp³-hybridized carbons (Fsp3) is 0.250. The van der Waals surface area contributed by atoms with Gasteiger partial charge in [-0.3, -0.25) is 10.7 Å². The van der Waals surface area contributed by atoms with E-state index in [1.165, 1.54) is 12.1 Å². The van der Waals surface area contributed by atoms with Gasteiger partial charge in [0, 0.05) is 16.2 Å². The van der Waals surface area contributed by atoms with Gasteiger partial charge in [-0.25, -0.2) is 4.39 Å². The molecule has 5 heteroatoms. The highest BCUT2D eigenvalue weighted by Crippen LogP contribution is 2.34. The summed E-state index contributed by atoms with van der Waals surface area (Å²) in [5, 5.41) is 9.11. The summed E-state index contributed by atoms with van der Waals surface area (Å²) in [5.74, 6) is 1.31. The van der Waals surface area contributed by atoms with Crippen LogP contribution in [0.2, 0.25) is 0 Å². The molecule has 3 rings (SSSR count). The second-order valence-electron chi connectivity index (χ2n) is 5.47. The largest absolute Gasteiger partial charge is 0.496 e. The number of rotatable bonds is 6. The van der Waals surface area contributed by atoms with Gasteiger partial charge in [0.2, 0.25) is 0 Å². The Hall–Kier alpha value is -2.50. The zero-order chi connectivity index (χ0) is 21.6. The first-order valence-electron chi connectivity index (χ1n) is 9.75. The van der Waals surface area contributed by atoms with Gasteiger partial charge in [0.25, 0.3) is 0 Å². The van der Waals surface area contributed by atoms with Crippen LogP contribution >= 0.6 is 11.8 Å². The van der Waals surface area contributed by atoms with Gasteiger partial charge < -0.3 is 4.74 Å².